The van der Waals surface area contributed by atoms with E-state index in [4.69, 9.17) is 9.47 Å². The van der Waals surface area contributed by atoms with E-state index in [0.717, 1.165) is 0 Å². The number of nitrogens with zero attached hydrogens (tertiary/aromatic N) is 1. The van der Waals surface area contributed by atoms with Gasteiger partial charge in [-0.25, -0.2) is 4.79 Å². The maximum atomic E-state index is 11.8. The van der Waals surface area contributed by atoms with Gasteiger partial charge in [0, 0.05) is 17.7 Å². The molecule has 2 rings (SSSR count). The molecule has 0 bridgehead atoms. The second kappa shape index (κ2) is 4.58. The second-order valence-corrected chi connectivity index (χ2v) is 3.75. The highest BCUT2D eigenvalue weighted by Crippen LogP contribution is 2.34. The number of non-ortho nitro benzene ring substituents is 1. The van der Waals surface area contributed by atoms with Crippen molar-refractivity contribution in [3.63, 3.8) is 0 Å². The number of nitro benzene ring substituents is 1. The van der Waals surface area contributed by atoms with E-state index in [1.807, 2.05) is 0 Å². The number of hydrogen-bond donors (Lipinski definition) is 0. The van der Waals surface area contributed by atoms with Crippen LogP contribution < -0.4 is 0 Å². The zero-order valence-corrected chi connectivity index (χ0v) is 9.66. The lowest BCUT2D eigenvalue weighted by Crippen LogP contribution is -2.35. The summed E-state index contributed by atoms with van der Waals surface area (Å²) in [6.07, 6.45) is 3.23. The molecule has 0 fully saturated rings. The summed E-state index contributed by atoms with van der Waals surface area (Å²) in [5.74, 6) is -0.600. The van der Waals surface area contributed by atoms with Gasteiger partial charge in [-0.15, -0.1) is 0 Å². The van der Waals surface area contributed by atoms with Crippen LogP contribution >= 0.6 is 0 Å². The minimum Gasteiger partial charge on any atom is -0.466 e. The molecule has 1 unspecified atom stereocenters. The van der Waals surface area contributed by atoms with Gasteiger partial charge in [0.05, 0.1) is 18.6 Å². The number of ether oxygens (including phenoxy) is 2. The van der Waals surface area contributed by atoms with Gasteiger partial charge in [0.25, 0.3) is 5.69 Å². The number of benzene rings is 1. The lowest BCUT2D eigenvalue weighted by Gasteiger charge is -2.24. The normalized spacial score (nSPS) is 21.8. The fourth-order valence-corrected chi connectivity index (χ4v) is 1.87. The Morgan fingerprint density at radius 1 is 1.56 bits per heavy atom. The predicted molar refractivity (Wildman–Crippen MR) is 61.9 cm³/mol. The van der Waals surface area contributed by atoms with Crippen molar-refractivity contribution < 1.29 is 19.2 Å². The first-order valence-corrected chi connectivity index (χ1v) is 5.25. The molecule has 0 N–H and O–H groups in total. The molecule has 0 amide bonds. The number of methoxy groups -OCH3 is 1. The monoisotopic (exact) mass is 249 g/mol. The molecular formula is C12H11NO5. The molecule has 6 heteroatoms. The number of esters is 1. The molecule has 0 aliphatic carbocycles. The SMILES string of the molecule is COC(=O)C1(c2cccc([N+](=O)[O-])c2)C=CCO1. The Labute approximate surface area is 103 Å². The fourth-order valence-electron chi connectivity index (χ4n) is 1.87. The van der Waals surface area contributed by atoms with Gasteiger partial charge in [-0.3, -0.25) is 10.1 Å². The molecule has 1 aliphatic heterocycles. The lowest BCUT2D eigenvalue weighted by molar-refractivity contribution is -0.385. The van der Waals surface area contributed by atoms with Gasteiger partial charge in [0.1, 0.15) is 0 Å². The Morgan fingerprint density at radius 2 is 2.33 bits per heavy atom. The van der Waals surface area contributed by atoms with Crippen LogP contribution in [0.3, 0.4) is 0 Å². The number of carbonyl (C=O) groups is 1. The van der Waals surface area contributed by atoms with Gasteiger partial charge in [-0.2, -0.15) is 0 Å². The zero-order chi connectivity index (χ0) is 13.2. The molecule has 0 saturated carbocycles. The average Bonchev–Trinajstić information content (AvgIpc) is 2.88. The van der Waals surface area contributed by atoms with Crippen molar-refractivity contribution in [2.45, 2.75) is 5.60 Å². The molecule has 94 valence electrons. The maximum absolute atomic E-state index is 11.8. The second-order valence-electron chi connectivity index (χ2n) is 3.75. The highest BCUT2D eigenvalue weighted by Gasteiger charge is 2.43. The van der Waals surface area contributed by atoms with E-state index >= 15 is 0 Å². The number of nitro groups is 1. The van der Waals surface area contributed by atoms with Crippen molar-refractivity contribution in [1.29, 1.82) is 0 Å². The molecule has 1 heterocycles. The summed E-state index contributed by atoms with van der Waals surface area (Å²) < 4.78 is 10.1. The van der Waals surface area contributed by atoms with Crippen LogP contribution in [0.2, 0.25) is 0 Å². The van der Waals surface area contributed by atoms with E-state index in [9.17, 15) is 14.9 Å². The summed E-state index contributed by atoms with van der Waals surface area (Å²) in [5.41, 5.74) is -1.09. The third-order valence-electron chi connectivity index (χ3n) is 2.73. The van der Waals surface area contributed by atoms with Crippen LogP contribution in [0.1, 0.15) is 5.56 Å². The van der Waals surface area contributed by atoms with Crippen molar-refractivity contribution >= 4 is 11.7 Å². The number of hydrogen-bond acceptors (Lipinski definition) is 5. The van der Waals surface area contributed by atoms with E-state index < -0.39 is 16.5 Å². The topological polar surface area (TPSA) is 78.7 Å². The van der Waals surface area contributed by atoms with E-state index in [1.54, 1.807) is 18.2 Å². The van der Waals surface area contributed by atoms with Crippen LogP contribution in [0, 0.1) is 10.1 Å². The number of carbonyl (C=O) groups excluding carboxylic acids is 1. The molecule has 1 atom stereocenters. The van der Waals surface area contributed by atoms with Crippen molar-refractivity contribution in [2.24, 2.45) is 0 Å². The Balaban J connectivity index is 2.50. The van der Waals surface area contributed by atoms with Crippen LogP contribution in [0.15, 0.2) is 36.4 Å². The molecule has 1 aliphatic rings. The fraction of sp³-hybridized carbons (Fsp3) is 0.250. The predicted octanol–water partition coefficient (Wildman–Crippen LogP) is 1.55. The van der Waals surface area contributed by atoms with Crippen molar-refractivity contribution in [3.05, 3.63) is 52.1 Å². The van der Waals surface area contributed by atoms with Crippen LogP contribution in [0.5, 0.6) is 0 Å². The average molecular weight is 249 g/mol. The Hall–Kier alpha value is -2.21. The standard InChI is InChI=1S/C12H11NO5/c1-17-11(14)12(6-3-7-18-12)9-4-2-5-10(8-9)13(15)16/h2-6,8H,7H2,1H3. The summed E-state index contributed by atoms with van der Waals surface area (Å²) in [6, 6.07) is 5.77. The number of rotatable bonds is 3. The van der Waals surface area contributed by atoms with Crippen molar-refractivity contribution in [2.75, 3.05) is 13.7 Å². The highest BCUT2D eigenvalue weighted by atomic mass is 16.6. The minimum absolute atomic E-state index is 0.0975. The molecule has 0 aromatic heterocycles. The van der Waals surface area contributed by atoms with Crippen LogP contribution in [-0.4, -0.2) is 24.6 Å². The first-order valence-electron chi connectivity index (χ1n) is 5.25. The summed E-state index contributed by atoms with van der Waals surface area (Å²) >= 11 is 0. The molecule has 0 saturated heterocycles. The quantitative estimate of drug-likeness (QED) is 0.351. The van der Waals surface area contributed by atoms with Gasteiger partial charge in [-0.1, -0.05) is 18.2 Å². The third-order valence-corrected chi connectivity index (χ3v) is 2.73. The van der Waals surface area contributed by atoms with E-state index in [1.165, 1.54) is 25.3 Å². The maximum Gasteiger partial charge on any atom is 0.346 e. The third kappa shape index (κ3) is 1.86. The van der Waals surface area contributed by atoms with Crippen LogP contribution in [0.25, 0.3) is 0 Å². The Kier molecular flexibility index (Phi) is 3.12. The first kappa shape index (κ1) is 12.3. The van der Waals surface area contributed by atoms with E-state index in [2.05, 4.69) is 0 Å². The van der Waals surface area contributed by atoms with Gasteiger partial charge < -0.3 is 9.47 Å². The molecule has 0 radical (unpaired) electrons. The van der Waals surface area contributed by atoms with Gasteiger partial charge >= 0.3 is 5.97 Å². The van der Waals surface area contributed by atoms with Gasteiger partial charge in [0.15, 0.2) is 0 Å². The largest absolute Gasteiger partial charge is 0.466 e. The molecule has 1 aromatic rings. The van der Waals surface area contributed by atoms with Crippen LogP contribution in [0.4, 0.5) is 5.69 Å². The smallest absolute Gasteiger partial charge is 0.346 e. The summed E-state index contributed by atoms with van der Waals surface area (Å²) in [6.45, 7) is 0.262. The van der Waals surface area contributed by atoms with Crippen LogP contribution in [-0.2, 0) is 19.9 Å². The van der Waals surface area contributed by atoms with Gasteiger partial charge in [-0.05, 0) is 6.08 Å². The van der Waals surface area contributed by atoms with Crippen molar-refractivity contribution in [1.82, 2.24) is 0 Å². The highest BCUT2D eigenvalue weighted by molar-refractivity contribution is 5.84. The Bertz CT molecular complexity index is 525. The van der Waals surface area contributed by atoms with Gasteiger partial charge in [0.2, 0.25) is 5.60 Å². The first-order chi connectivity index (χ1) is 8.60. The van der Waals surface area contributed by atoms with Crippen molar-refractivity contribution in [3.8, 4) is 0 Å². The zero-order valence-electron chi connectivity index (χ0n) is 9.66. The van der Waals surface area contributed by atoms with E-state index in [-0.39, 0.29) is 12.3 Å². The Morgan fingerprint density at radius 3 is 2.89 bits per heavy atom. The summed E-state index contributed by atoms with van der Waals surface area (Å²) in [7, 11) is 1.25. The molecule has 6 nitrogen and oxygen atoms in total. The minimum atomic E-state index is -1.37. The molecule has 1 aromatic carbocycles. The molecular weight excluding hydrogens is 238 g/mol. The van der Waals surface area contributed by atoms with E-state index in [0.29, 0.717) is 5.56 Å². The molecule has 18 heavy (non-hydrogen) atoms. The summed E-state index contributed by atoms with van der Waals surface area (Å²) in [4.78, 5) is 22.1. The lowest BCUT2D eigenvalue weighted by atomic mass is 9.93. The molecule has 0 spiro atoms. The summed E-state index contributed by atoms with van der Waals surface area (Å²) in [5, 5.41) is 10.7.